The largest absolute Gasteiger partial charge is 0.374 e. The summed E-state index contributed by atoms with van der Waals surface area (Å²) in [6.45, 7) is 1.32. The zero-order chi connectivity index (χ0) is 15.5. The molecule has 0 radical (unpaired) electrons. The zero-order valence-electron chi connectivity index (χ0n) is 11.6. The molecule has 8 nitrogen and oxygen atoms in total. The summed E-state index contributed by atoms with van der Waals surface area (Å²) >= 11 is 0. The lowest BCUT2D eigenvalue weighted by molar-refractivity contribution is -0.385. The molecule has 9 heteroatoms. The number of nitro benzene ring substituents is 1. The number of ether oxygens (including phenoxy) is 1. The fraction of sp³-hybridized carbons (Fsp3) is 0.500. The summed E-state index contributed by atoms with van der Waals surface area (Å²) < 4.78 is 31.8. The van der Waals surface area contributed by atoms with Crippen molar-refractivity contribution >= 4 is 15.7 Å². The van der Waals surface area contributed by atoms with Gasteiger partial charge in [0.2, 0.25) is 10.0 Å². The first kappa shape index (κ1) is 15.8. The molecule has 1 aliphatic heterocycles. The molecule has 21 heavy (non-hydrogen) atoms. The van der Waals surface area contributed by atoms with Crippen molar-refractivity contribution in [1.29, 1.82) is 0 Å². The van der Waals surface area contributed by atoms with Gasteiger partial charge < -0.3 is 10.1 Å². The van der Waals surface area contributed by atoms with E-state index in [2.05, 4.69) is 5.32 Å². The number of morpholine rings is 1. The van der Waals surface area contributed by atoms with Gasteiger partial charge in [0.25, 0.3) is 5.69 Å². The first-order valence-electron chi connectivity index (χ1n) is 6.46. The summed E-state index contributed by atoms with van der Waals surface area (Å²) in [7, 11) is -1.99. The third kappa shape index (κ3) is 3.56. The number of rotatable bonds is 5. The molecule has 2 rings (SSSR count). The quantitative estimate of drug-likeness (QED) is 0.615. The normalized spacial score (nSPS) is 20.3. The maximum atomic E-state index is 12.5. The van der Waals surface area contributed by atoms with E-state index in [4.69, 9.17) is 4.74 Å². The Labute approximate surface area is 122 Å². The molecule has 1 heterocycles. The summed E-state index contributed by atoms with van der Waals surface area (Å²) in [5, 5.41) is 13.7. The van der Waals surface area contributed by atoms with Gasteiger partial charge in [-0.1, -0.05) is 6.07 Å². The Morgan fingerprint density at radius 2 is 2.29 bits per heavy atom. The Hall–Kier alpha value is -1.55. The third-order valence-corrected chi connectivity index (χ3v) is 5.06. The smallest absolute Gasteiger partial charge is 0.270 e. The number of nitrogens with one attached hydrogen (secondary N) is 1. The predicted octanol–water partition coefficient (Wildman–Crippen LogP) is 0.204. The van der Waals surface area contributed by atoms with Gasteiger partial charge in [-0.2, -0.15) is 4.31 Å². The Balaban J connectivity index is 2.25. The van der Waals surface area contributed by atoms with Crippen molar-refractivity contribution in [1.82, 2.24) is 9.62 Å². The second-order valence-electron chi connectivity index (χ2n) is 4.67. The van der Waals surface area contributed by atoms with Crippen LogP contribution in [0, 0.1) is 10.1 Å². The molecule has 1 N–H and O–H groups in total. The van der Waals surface area contributed by atoms with Gasteiger partial charge in [-0.15, -0.1) is 0 Å². The molecule has 0 aliphatic carbocycles. The van der Waals surface area contributed by atoms with E-state index in [0.717, 1.165) is 6.07 Å². The van der Waals surface area contributed by atoms with Crippen LogP contribution in [0.15, 0.2) is 29.2 Å². The third-order valence-electron chi connectivity index (χ3n) is 3.20. The number of nitro groups is 1. The van der Waals surface area contributed by atoms with Crippen LogP contribution in [0.25, 0.3) is 0 Å². The van der Waals surface area contributed by atoms with E-state index in [0.29, 0.717) is 13.2 Å². The van der Waals surface area contributed by atoms with Crippen LogP contribution in [0.5, 0.6) is 0 Å². The van der Waals surface area contributed by atoms with E-state index in [-0.39, 0.29) is 29.8 Å². The summed E-state index contributed by atoms with van der Waals surface area (Å²) in [6.07, 6.45) is -0.225. The molecule has 1 aliphatic rings. The van der Waals surface area contributed by atoms with Crippen molar-refractivity contribution in [2.75, 3.05) is 33.3 Å². The summed E-state index contributed by atoms with van der Waals surface area (Å²) in [4.78, 5) is 10.1. The predicted molar refractivity (Wildman–Crippen MR) is 75.5 cm³/mol. The molecule has 116 valence electrons. The van der Waals surface area contributed by atoms with Crippen molar-refractivity contribution in [2.24, 2.45) is 0 Å². The van der Waals surface area contributed by atoms with Gasteiger partial charge in [-0.25, -0.2) is 8.42 Å². The SMILES string of the molecule is CNCC1CN(S(=O)(=O)c2cccc([N+](=O)[O-])c2)CCO1. The number of likely N-dealkylation sites (N-methyl/N-ethyl adjacent to an activating group) is 1. The molecule has 0 bridgehead atoms. The second kappa shape index (κ2) is 6.48. The Morgan fingerprint density at radius 1 is 1.52 bits per heavy atom. The molecule has 0 aromatic heterocycles. The average molecular weight is 315 g/mol. The van der Waals surface area contributed by atoms with E-state index in [1.165, 1.54) is 22.5 Å². The van der Waals surface area contributed by atoms with Crippen molar-refractivity contribution in [3.63, 3.8) is 0 Å². The second-order valence-corrected chi connectivity index (χ2v) is 6.61. The van der Waals surface area contributed by atoms with E-state index in [9.17, 15) is 18.5 Å². The fourth-order valence-electron chi connectivity index (χ4n) is 2.17. The van der Waals surface area contributed by atoms with Gasteiger partial charge >= 0.3 is 0 Å². The standard InChI is InChI=1S/C12H17N3O5S/c1-13-8-11-9-14(5-6-20-11)21(18,19)12-4-2-3-10(7-12)15(16)17/h2-4,7,11,13H,5-6,8-9H2,1H3. The van der Waals surface area contributed by atoms with Gasteiger partial charge in [0.15, 0.2) is 0 Å². The molecule has 1 aromatic carbocycles. The number of hydrogen-bond acceptors (Lipinski definition) is 6. The minimum atomic E-state index is -3.75. The minimum absolute atomic E-state index is 0.0678. The maximum Gasteiger partial charge on any atom is 0.270 e. The molecule has 1 fully saturated rings. The number of nitrogens with zero attached hydrogens (tertiary/aromatic N) is 2. The van der Waals surface area contributed by atoms with Gasteiger partial charge in [-0.3, -0.25) is 10.1 Å². The molecule has 0 saturated carbocycles. The van der Waals surface area contributed by atoms with Crippen LogP contribution in [0.2, 0.25) is 0 Å². The number of non-ortho nitro benzene ring substituents is 1. The molecule has 1 aromatic rings. The Kier molecular flexibility index (Phi) is 4.88. The van der Waals surface area contributed by atoms with E-state index in [1.807, 2.05) is 0 Å². The lowest BCUT2D eigenvalue weighted by Gasteiger charge is -2.32. The molecule has 1 unspecified atom stereocenters. The molecular weight excluding hydrogens is 298 g/mol. The summed E-state index contributed by atoms with van der Waals surface area (Å²) in [5.74, 6) is 0. The Morgan fingerprint density at radius 3 is 2.95 bits per heavy atom. The van der Waals surface area contributed by atoms with E-state index in [1.54, 1.807) is 7.05 Å². The highest BCUT2D eigenvalue weighted by Gasteiger charge is 2.31. The summed E-state index contributed by atoms with van der Waals surface area (Å²) in [5.41, 5.74) is -0.240. The van der Waals surface area contributed by atoms with Crippen LogP contribution in [-0.4, -0.2) is 57.0 Å². The van der Waals surface area contributed by atoms with Crippen LogP contribution < -0.4 is 5.32 Å². The van der Waals surface area contributed by atoms with Crippen LogP contribution in [-0.2, 0) is 14.8 Å². The van der Waals surface area contributed by atoms with Gasteiger partial charge in [0.05, 0.1) is 22.5 Å². The van der Waals surface area contributed by atoms with Crippen LogP contribution >= 0.6 is 0 Å². The van der Waals surface area contributed by atoms with E-state index >= 15 is 0 Å². The number of sulfonamides is 1. The number of benzene rings is 1. The highest BCUT2D eigenvalue weighted by atomic mass is 32.2. The number of hydrogen-bond donors (Lipinski definition) is 1. The van der Waals surface area contributed by atoms with E-state index < -0.39 is 14.9 Å². The monoisotopic (exact) mass is 315 g/mol. The lowest BCUT2D eigenvalue weighted by atomic mass is 10.3. The highest BCUT2D eigenvalue weighted by Crippen LogP contribution is 2.22. The molecule has 1 saturated heterocycles. The Bertz CT molecular complexity index is 617. The van der Waals surface area contributed by atoms with Crippen LogP contribution in [0.1, 0.15) is 0 Å². The topological polar surface area (TPSA) is 102 Å². The van der Waals surface area contributed by atoms with Gasteiger partial charge in [0, 0.05) is 31.8 Å². The van der Waals surface area contributed by atoms with Crippen molar-refractivity contribution in [3.05, 3.63) is 34.4 Å². The molecule has 0 spiro atoms. The first-order valence-corrected chi connectivity index (χ1v) is 7.90. The summed E-state index contributed by atoms with van der Waals surface area (Å²) in [6, 6.07) is 5.08. The fourth-order valence-corrected chi connectivity index (χ4v) is 3.66. The van der Waals surface area contributed by atoms with Crippen molar-refractivity contribution < 1.29 is 18.1 Å². The maximum absolute atomic E-state index is 12.5. The minimum Gasteiger partial charge on any atom is -0.374 e. The van der Waals surface area contributed by atoms with Gasteiger partial charge in [-0.05, 0) is 13.1 Å². The first-order chi connectivity index (χ1) is 9.95. The van der Waals surface area contributed by atoms with Crippen molar-refractivity contribution in [3.8, 4) is 0 Å². The molecular formula is C12H17N3O5S. The molecule has 0 amide bonds. The van der Waals surface area contributed by atoms with Crippen LogP contribution in [0.4, 0.5) is 5.69 Å². The van der Waals surface area contributed by atoms with Gasteiger partial charge in [0.1, 0.15) is 0 Å². The lowest BCUT2D eigenvalue weighted by Crippen LogP contribution is -2.48. The van der Waals surface area contributed by atoms with Crippen molar-refractivity contribution in [2.45, 2.75) is 11.0 Å². The average Bonchev–Trinajstić information content (AvgIpc) is 2.48. The molecule has 1 atom stereocenters. The zero-order valence-corrected chi connectivity index (χ0v) is 12.4. The highest BCUT2D eigenvalue weighted by molar-refractivity contribution is 7.89. The van der Waals surface area contributed by atoms with Crippen LogP contribution in [0.3, 0.4) is 0 Å².